The third-order valence-electron chi connectivity index (χ3n) is 1.18. The molecular formula is C8H7BrCl2O. The average Bonchev–Trinajstić information content (AvgIpc) is 1.94. The maximum Gasteiger partial charge on any atom is 0.150 e. The summed E-state index contributed by atoms with van der Waals surface area (Å²) < 4.78 is 5.33. The molecule has 1 nitrogen and oxygen atoms in total. The first-order valence-electron chi connectivity index (χ1n) is 3.35. The molecule has 1 aromatic carbocycles. The molecule has 0 saturated carbocycles. The summed E-state index contributed by atoms with van der Waals surface area (Å²) in [5.74, 6) is 0.630. The average molecular weight is 270 g/mol. The van der Waals surface area contributed by atoms with E-state index in [1.54, 1.807) is 18.2 Å². The van der Waals surface area contributed by atoms with E-state index in [1.807, 2.05) is 6.92 Å². The molecule has 0 fully saturated rings. The van der Waals surface area contributed by atoms with E-state index in [1.165, 1.54) is 0 Å². The minimum absolute atomic E-state index is 0.0591. The van der Waals surface area contributed by atoms with Gasteiger partial charge in [-0.2, -0.15) is 0 Å². The van der Waals surface area contributed by atoms with Gasteiger partial charge in [0.15, 0.2) is 5.01 Å². The Labute approximate surface area is 89.7 Å². The quantitative estimate of drug-likeness (QED) is 0.734. The van der Waals surface area contributed by atoms with E-state index in [4.69, 9.17) is 27.9 Å². The van der Waals surface area contributed by atoms with Crippen LogP contribution in [0.4, 0.5) is 0 Å². The van der Waals surface area contributed by atoms with Gasteiger partial charge in [0.2, 0.25) is 0 Å². The summed E-state index contributed by atoms with van der Waals surface area (Å²) in [4.78, 5) is 0. The van der Waals surface area contributed by atoms with Gasteiger partial charge in [0.05, 0.1) is 5.02 Å². The van der Waals surface area contributed by atoms with Gasteiger partial charge in [0.25, 0.3) is 0 Å². The molecule has 0 aliphatic carbocycles. The van der Waals surface area contributed by atoms with E-state index in [9.17, 15) is 0 Å². The van der Waals surface area contributed by atoms with Crippen LogP contribution in [0.2, 0.25) is 10.0 Å². The predicted octanol–water partition coefficient (Wildman–Crippen LogP) is 4.11. The molecule has 0 saturated heterocycles. The van der Waals surface area contributed by atoms with Crippen molar-refractivity contribution >= 4 is 39.1 Å². The molecule has 1 aromatic rings. The summed E-state index contributed by atoms with van der Waals surface area (Å²) in [6.07, 6.45) is 0. The van der Waals surface area contributed by atoms with Crippen molar-refractivity contribution in [1.82, 2.24) is 0 Å². The second-order valence-electron chi connectivity index (χ2n) is 2.24. The van der Waals surface area contributed by atoms with Crippen molar-refractivity contribution < 1.29 is 4.74 Å². The minimum Gasteiger partial charge on any atom is -0.478 e. The Morgan fingerprint density at radius 1 is 1.42 bits per heavy atom. The van der Waals surface area contributed by atoms with Crippen LogP contribution < -0.4 is 4.74 Å². The van der Waals surface area contributed by atoms with Gasteiger partial charge < -0.3 is 4.74 Å². The SMILES string of the molecule is CC(Br)Oc1ccc(Cl)cc1Cl. The molecule has 1 atom stereocenters. The number of benzene rings is 1. The Morgan fingerprint density at radius 2 is 2.08 bits per heavy atom. The lowest BCUT2D eigenvalue weighted by atomic mass is 10.3. The molecule has 4 heteroatoms. The van der Waals surface area contributed by atoms with Crippen LogP contribution in [0.25, 0.3) is 0 Å². The zero-order valence-corrected chi connectivity index (χ0v) is 9.45. The number of hydrogen-bond donors (Lipinski definition) is 0. The fourth-order valence-corrected chi connectivity index (χ4v) is 1.40. The number of hydrogen-bond acceptors (Lipinski definition) is 1. The van der Waals surface area contributed by atoms with Crippen molar-refractivity contribution in [1.29, 1.82) is 0 Å². The second kappa shape index (κ2) is 4.35. The van der Waals surface area contributed by atoms with Crippen molar-refractivity contribution in [3.8, 4) is 5.75 Å². The minimum atomic E-state index is -0.0591. The van der Waals surface area contributed by atoms with Gasteiger partial charge in [-0.3, -0.25) is 0 Å². The molecule has 0 radical (unpaired) electrons. The standard InChI is InChI=1S/C8H7BrCl2O/c1-5(9)12-8-3-2-6(10)4-7(8)11/h2-5H,1H3. The van der Waals surface area contributed by atoms with Crippen molar-refractivity contribution in [3.63, 3.8) is 0 Å². The topological polar surface area (TPSA) is 9.23 Å². The fourth-order valence-electron chi connectivity index (χ4n) is 0.746. The highest BCUT2D eigenvalue weighted by Crippen LogP contribution is 2.28. The molecule has 0 heterocycles. The Balaban J connectivity index is 2.86. The highest BCUT2D eigenvalue weighted by molar-refractivity contribution is 9.09. The normalized spacial score (nSPS) is 12.7. The first kappa shape index (κ1) is 10.2. The van der Waals surface area contributed by atoms with Crippen molar-refractivity contribution in [2.75, 3.05) is 0 Å². The zero-order chi connectivity index (χ0) is 9.14. The van der Waals surface area contributed by atoms with Crippen molar-refractivity contribution in [3.05, 3.63) is 28.2 Å². The van der Waals surface area contributed by atoms with Crippen LogP contribution >= 0.6 is 39.1 Å². The third kappa shape index (κ3) is 2.85. The number of rotatable bonds is 2. The van der Waals surface area contributed by atoms with Gasteiger partial charge >= 0.3 is 0 Å². The van der Waals surface area contributed by atoms with E-state index in [2.05, 4.69) is 15.9 Å². The van der Waals surface area contributed by atoms with Crippen LogP contribution in [-0.2, 0) is 0 Å². The van der Waals surface area contributed by atoms with Gasteiger partial charge in [-0.25, -0.2) is 0 Å². The molecule has 0 aliphatic rings. The molecule has 0 aliphatic heterocycles. The maximum absolute atomic E-state index is 5.84. The molecular weight excluding hydrogens is 263 g/mol. The summed E-state index contributed by atoms with van der Waals surface area (Å²) in [6, 6.07) is 5.12. The van der Waals surface area contributed by atoms with Gasteiger partial charge in [0, 0.05) is 5.02 Å². The molecule has 0 N–H and O–H groups in total. The van der Waals surface area contributed by atoms with Crippen molar-refractivity contribution in [2.45, 2.75) is 11.9 Å². The van der Waals surface area contributed by atoms with Crippen molar-refractivity contribution in [2.24, 2.45) is 0 Å². The van der Waals surface area contributed by atoms with Crippen LogP contribution in [0, 0.1) is 0 Å². The predicted molar refractivity (Wildman–Crippen MR) is 55.5 cm³/mol. The Bertz CT molecular complexity index is 276. The zero-order valence-electron chi connectivity index (χ0n) is 6.35. The molecule has 0 amide bonds. The van der Waals surface area contributed by atoms with E-state index in [0.717, 1.165) is 0 Å². The van der Waals surface area contributed by atoms with Gasteiger partial charge in [-0.1, -0.05) is 23.2 Å². The Kier molecular flexibility index (Phi) is 3.69. The summed E-state index contributed by atoms with van der Waals surface area (Å²) in [7, 11) is 0. The van der Waals surface area contributed by atoms with E-state index in [-0.39, 0.29) is 5.01 Å². The van der Waals surface area contributed by atoms with Crippen LogP contribution in [0.1, 0.15) is 6.92 Å². The highest BCUT2D eigenvalue weighted by atomic mass is 79.9. The van der Waals surface area contributed by atoms with Crippen LogP contribution in [0.3, 0.4) is 0 Å². The Morgan fingerprint density at radius 3 is 2.58 bits per heavy atom. The van der Waals surface area contributed by atoms with Crippen LogP contribution in [0.5, 0.6) is 5.75 Å². The summed E-state index contributed by atoms with van der Waals surface area (Å²) >= 11 is 14.8. The summed E-state index contributed by atoms with van der Waals surface area (Å²) in [5, 5.41) is 1.07. The summed E-state index contributed by atoms with van der Waals surface area (Å²) in [5.41, 5.74) is 0. The molecule has 0 aromatic heterocycles. The summed E-state index contributed by atoms with van der Waals surface area (Å²) in [6.45, 7) is 1.87. The molecule has 1 rings (SSSR count). The van der Waals surface area contributed by atoms with Crippen LogP contribution in [-0.4, -0.2) is 5.01 Å². The van der Waals surface area contributed by atoms with E-state index < -0.39 is 0 Å². The lowest BCUT2D eigenvalue weighted by Gasteiger charge is -2.09. The number of alkyl halides is 1. The Hall–Kier alpha value is 0.0800. The fraction of sp³-hybridized carbons (Fsp3) is 0.250. The smallest absolute Gasteiger partial charge is 0.150 e. The first-order chi connectivity index (χ1) is 5.59. The van der Waals surface area contributed by atoms with E-state index >= 15 is 0 Å². The lowest BCUT2D eigenvalue weighted by Crippen LogP contribution is -2.01. The van der Waals surface area contributed by atoms with Gasteiger partial charge in [-0.05, 0) is 41.1 Å². The van der Waals surface area contributed by atoms with Gasteiger partial charge in [-0.15, -0.1) is 0 Å². The molecule has 0 bridgehead atoms. The monoisotopic (exact) mass is 268 g/mol. The number of ether oxygens (including phenoxy) is 1. The van der Waals surface area contributed by atoms with Crippen LogP contribution in [0.15, 0.2) is 18.2 Å². The lowest BCUT2D eigenvalue weighted by molar-refractivity contribution is 0.314. The van der Waals surface area contributed by atoms with E-state index in [0.29, 0.717) is 15.8 Å². The van der Waals surface area contributed by atoms with Gasteiger partial charge in [0.1, 0.15) is 5.75 Å². The third-order valence-corrected chi connectivity index (χ3v) is 1.90. The molecule has 66 valence electrons. The second-order valence-corrected chi connectivity index (χ2v) is 4.37. The molecule has 1 unspecified atom stereocenters. The number of halogens is 3. The highest BCUT2D eigenvalue weighted by Gasteiger charge is 2.04. The largest absolute Gasteiger partial charge is 0.478 e. The maximum atomic E-state index is 5.84. The first-order valence-corrected chi connectivity index (χ1v) is 5.02. The molecule has 0 spiro atoms. The molecule has 12 heavy (non-hydrogen) atoms.